The van der Waals surface area contributed by atoms with E-state index in [1.807, 2.05) is 11.9 Å². The van der Waals surface area contributed by atoms with Crippen LogP contribution >= 0.6 is 0 Å². The summed E-state index contributed by atoms with van der Waals surface area (Å²) in [7, 11) is 1.83. The van der Waals surface area contributed by atoms with Gasteiger partial charge in [0.05, 0.1) is 5.69 Å². The lowest BCUT2D eigenvalue weighted by Crippen LogP contribution is -2.41. The van der Waals surface area contributed by atoms with Gasteiger partial charge in [0.1, 0.15) is 11.6 Å². The molecule has 1 aliphatic rings. The number of aromatic hydroxyl groups is 1. The van der Waals surface area contributed by atoms with Crippen molar-refractivity contribution in [1.82, 2.24) is 9.88 Å². The van der Waals surface area contributed by atoms with Gasteiger partial charge in [-0.2, -0.15) is 0 Å². The Hall–Kier alpha value is -3.74. The average Bonchev–Trinajstić information content (AvgIpc) is 2.73. The van der Waals surface area contributed by atoms with Crippen LogP contribution in [-0.4, -0.2) is 47.3 Å². The van der Waals surface area contributed by atoms with Gasteiger partial charge < -0.3 is 14.9 Å². The van der Waals surface area contributed by atoms with Crippen molar-refractivity contribution in [3.63, 3.8) is 0 Å². The van der Waals surface area contributed by atoms with Gasteiger partial charge in [0.15, 0.2) is 6.29 Å². The van der Waals surface area contributed by atoms with Crippen molar-refractivity contribution < 1.29 is 19.1 Å². The second kappa shape index (κ2) is 8.55. The van der Waals surface area contributed by atoms with Crippen LogP contribution in [0.1, 0.15) is 32.7 Å². The van der Waals surface area contributed by atoms with Gasteiger partial charge in [-0.25, -0.2) is 4.39 Å². The Balaban J connectivity index is 1.69. The number of hydrogen-bond acceptors (Lipinski definition) is 5. The van der Waals surface area contributed by atoms with E-state index in [1.165, 1.54) is 24.4 Å². The molecule has 1 fully saturated rings. The predicted molar refractivity (Wildman–Crippen MR) is 116 cm³/mol. The summed E-state index contributed by atoms with van der Waals surface area (Å²) in [5.41, 5.74) is 3.15. The Kier molecular flexibility index (Phi) is 5.66. The van der Waals surface area contributed by atoms with E-state index < -0.39 is 0 Å². The van der Waals surface area contributed by atoms with Crippen LogP contribution in [-0.2, 0) is 6.54 Å². The van der Waals surface area contributed by atoms with Gasteiger partial charge in [-0.15, -0.1) is 0 Å². The lowest BCUT2D eigenvalue weighted by atomic mass is 9.98. The number of rotatable bonds is 6. The number of carbonyl (C=O) groups excluding carboxylic acids is 2. The lowest BCUT2D eigenvalue weighted by Gasteiger charge is -2.31. The second-order valence-corrected chi connectivity index (χ2v) is 7.56. The van der Waals surface area contributed by atoms with Gasteiger partial charge in [-0.1, -0.05) is 0 Å². The van der Waals surface area contributed by atoms with Gasteiger partial charge >= 0.3 is 0 Å². The molecule has 1 saturated heterocycles. The molecule has 0 unspecified atom stereocenters. The molecule has 1 aliphatic heterocycles. The number of phenolic OH excluding ortho intramolecular Hbond substituents is 1. The van der Waals surface area contributed by atoms with E-state index in [0.29, 0.717) is 34.5 Å². The van der Waals surface area contributed by atoms with Crippen molar-refractivity contribution in [2.24, 2.45) is 0 Å². The second-order valence-electron chi connectivity index (χ2n) is 7.56. The Morgan fingerprint density at radius 1 is 1.19 bits per heavy atom. The first-order valence-electron chi connectivity index (χ1n) is 10.0. The van der Waals surface area contributed by atoms with E-state index in [2.05, 4.69) is 4.98 Å². The van der Waals surface area contributed by atoms with Crippen LogP contribution in [0.25, 0.3) is 11.3 Å². The fourth-order valence-electron chi connectivity index (χ4n) is 3.61. The van der Waals surface area contributed by atoms with Gasteiger partial charge in [0.25, 0.3) is 5.91 Å². The summed E-state index contributed by atoms with van der Waals surface area (Å²) in [6.07, 6.45) is 3.25. The first-order chi connectivity index (χ1) is 15.0. The van der Waals surface area contributed by atoms with E-state index in [1.54, 1.807) is 35.2 Å². The highest BCUT2D eigenvalue weighted by Crippen LogP contribution is 2.33. The van der Waals surface area contributed by atoms with Crippen LogP contribution in [0.15, 0.2) is 54.7 Å². The summed E-state index contributed by atoms with van der Waals surface area (Å²) >= 11 is 0. The highest BCUT2D eigenvalue weighted by molar-refractivity contribution is 5.96. The molecule has 31 heavy (non-hydrogen) atoms. The first-order valence-corrected chi connectivity index (χ1v) is 10.0. The van der Waals surface area contributed by atoms with Crippen LogP contribution in [0.2, 0.25) is 0 Å². The molecule has 7 heteroatoms. The van der Waals surface area contributed by atoms with Crippen molar-refractivity contribution >= 4 is 17.9 Å². The molecule has 1 aromatic heterocycles. The fraction of sp³-hybridized carbons (Fsp3) is 0.208. The summed E-state index contributed by atoms with van der Waals surface area (Å²) in [5, 5.41) is 10.7. The molecule has 0 radical (unpaired) electrons. The number of nitrogens with zero attached hydrogens (tertiary/aromatic N) is 3. The molecule has 1 amide bonds. The number of halogens is 1. The van der Waals surface area contributed by atoms with E-state index >= 15 is 0 Å². The SMILES string of the molecule is CN(Cc1c(C=O)ccnc1-c1ccc(C(=O)N2CCC2)cc1O)c1ccc(F)cc1. The van der Waals surface area contributed by atoms with Crippen LogP contribution < -0.4 is 4.90 Å². The molecule has 0 saturated carbocycles. The minimum atomic E-state index is -0.328. The van der Waals surface area contributed by atoms with Crippen LogP contribution in [0.4, 0.5) is 10.1 Å². The summed E-state index contributed by atoms with van der Waals surface area (Å²) < 4.78 is 13.3. The Morgan fingerprint density at radius 3 is 2.55 bits per heavy atom. The highest BCUT2D eigenvalue weighted by Gasteiger charge is 2.23. The van der Waals surface area contributed by atoms with E-state index in [0.717, 1.165) is 31.5 Å². The zero-order valence-corrected chi connectivity index (χ0v) is 17.1. The minimum absolute atomic E-state index is 0.0763. The van der Waals surface area contributed by atoms with Crippen molar-refractivity contribution in [2.45, 2.75) is 13.0 Å². The molecule has 0 aliphatic carbocycles. The number of amides is 1. The zero-order chi connectivity index (χ0) is 22.0. The van der Waals surface area contributed by atoms with Crippen LogP contribution in [0.3, 0.4) is 0 Å². The molecule has 0 spiro atoms. The van der Waals surface area contributed by atoms with Crippen molar-refractivity contribution in [3.05, 3.63) is 77.2 Å². The van der Waals surface area contributed by atoms with Gasteiger partial charge in [-0.3, -0.25) is 14.6 Å². The van der Waals surface area contributed by atoms with Gasteiger partial charge in [0, 0.05) is 60.8 Å². The minimum Gasteiger partial charge on any atom is -0.507 e. The normalized spacial score (nSPS) is 12.9. The molecule has 158 valence electrons. The maximum Gasteiger partial charge on any atom is 0.253 e. The number of anilines is 1. The predicted octanol–water partition coefficient (Wildman–Crippen LogP) is 3.89. The van der Waals surface area contributed by atoms with Gasteiger partial charge in [-0.05, 0) is 55.0 Å². The van der Waals surface area contributed by atoms with Crippen LogP contribution in [0.5, 0.6) is 5.75 Å². The van der Waals surface area contributed by atoms with Crippen LogP contribution in [0, 0.1) is 5.82 Å². The Morgan fingerprint density at radius 2 is 1.94 bits per heavy atom. The van der Waals surface area contributed by atoms with Crippen molar-refractivity contribution in [1.29, 1.82) is 0 Å². The number of pyridine rings is 1. The number of hydrogen-bond donors (Lipinski definition) is 1. The van der Waals surface area contributed by atoms with Gasteiger partial charge in [0.2, 0.25) is 0 Å². The number of aldehydes is 1. The molecule has 3 aromatic rings. The number of carbonyl (C=O) groups is 2. The Labute approximate surface area is 179 Å². The number of phenols is 1. The third-order valence-electron chi connectivity index (χ3n) is 5.52. The Bertz CT molecular complexity index is 1130. The molecule has 1 N–H and O–H groups in total. The number of aromatic nitrogens is 1. The quantitative estimate of drug-likeness (QED) is 0.614. The maximum absolute atomic E-state index is 13.3. The molecule has 0 bridgehead atoms. The van der Waals surface area contributed by atoms with E-state index in [9.17, 15) is 19.1 Å². The molecule has 4 rings (SSSR count). The fourth-order valence-corrected chi connectivity index (χ4v) is 3.61. The topological polar surface area (TPSA) is 73.7 Å². The van der Waals surface area contributed by atoms with Crippen molar-refractivity contribution in [2.75, 3.05) is 25.0 Å². The highest BCUT2D eigenvalue weighted by atomic mass is 19.1. The molecule has 6 nitrogen and oxygen atoms in total. The smallest absolute Gasteiger partial charge is 0.253 e. The molecule has 2 heterocycles. The average molecular weight is 419 g/mol. The van der Waals surface area contributed by atoms with E-state index in [4.69, 9.17) is 0 Å². The molecular weight excluding hydrogens is 397 g/mol. The largest absolute Gasteiger partial charge is 0.507 e. The number of likely N-dealkylation sites (tertiary alicyclic amines) is 1. The summed E-state index contributed by atoms with van der Waals surface area (Å²) in [5.74, 6) is -0.517. The van der Waals surface area contributed by atoms with E-state index in [-0.39, 0.29) is 17.5 Å². The maximum atomic E-state index is 13.3. The standard InChI is InChI=1S/C24H22FN3O3/c1-27(19-6-4-18(25)5-7-19)14-21-17(15-29)9-10-26-23(21)20-8-3-16(13-22(20)30)24(31)28-11-2-12-28/h3-10,13,15,30H,2,11-12,14H2,1H3. The first kappa shape index (κ1) is 20.5. The monoisotopic (exact) mass is 419 g/mol. The molecule has 2 aromatic carbocycles. The third kappa shape index (κ3) is 4.12. The summed E-state index contributed by atoms with van der Waals surface area (Å²) in [6.45, 7) is 1.77. The summed E-state index contributed by atoms with van der Waals surface area (Å²) in [4.78, 5) is 32.2. The summed E-state index contributed by atoms with van der Waals surface area (Å²) in [6, 6.07) is 12.4. The molecule has 0 atom stereocenters. The van der Waals surface area contributed by atoms with Crippen molar-refractivity contribution in [3.8, 4) is 17.0 Å². The third-order valence-corrected chi connectivity index (χ3v) is 5.52. The zero-order valence-electron chi connectivity index (χ0n) is 17.1. The molecular formula is C24H22FN3O3. The number of benzene rings is 2. The lowest BCUT2D eigenvalue weighted by molar-refractivity contribution is 0.0651.